The van der Waals surface area contributed by atoms with Crippen molar-refractivity contribution in [1.29, 1.82) is 0 Å². The Balaban J connectivity index is 0.00000231. The summed E-state index contributed by atoms with van der Waals surface area (Å²) >= 11 is 5.19. The van der Waals surface area contributed by atoms with E-state index in [0.29, 0.717) is 27.8 Å². The molecular weight excluding hydrogens is 433 g/mol. The maximum absolute atomic E-state index is 6.50. The molecule has 0 saturated heterocycles. The smallest absolute Gasteiger partial charge is 0.358 e. The van der Waals surface area contributed by atoms with Gasteiger partial charge in [-0.05, 0) is 0 Å². The van der Waals surface area contributed by atoms with E-state index in [1.54, 1.807) is 0 Å². The molecule has 164 valence electrons. The van der Waals surface area contributed by atoms with Crippen molar-refractivity contribution in [1.82, 2.24) is 0 Å². The molecule has 0 aromatic heterocycles. The van der Waals surface area contributed by atoms with Gasteiger partial charge in [-0.2, -0.15) is 0 Å². The van der Waals surface area contributed by atoms with E-state index in [2.05, 4.69) is 62.2 Å². The predicted molar refractivity (Wildman–Crippen MR) is 122 cm³/mol. The van der Waals surface area contributed by atoms with Crippen LogP contribution in [0.4, 0.5) is 5.69 Å². The van der Waals surface area contributed by atoms with E-state index in [-0.39, 0.29) is 14.0 Å². The average Bonchev–Trinajstić information content (AvgIpc) is 2.75. The second-order valence-electron chi connectivity index (χ2n) is 7.42. The van der Waals surface area contributed by atoms with Crippen LogP contribution >= 0.6 is 0 Å². The van der Waals surface area contributed by atoms with E-state index in [1.807, 2.05) is 12.1 Å². The van der Waals surface area contributed by atoms with Gasteiger partial charge in [-0.3, -0.25) is 0 Å². The largest absolute Gasteiger partial charge is 0.358 e. The van der Waals surface area contributed by atoms with E-state index < -0.39 is 0 Å². The number of aryl methyl sites for hydroxylation is 1. The number of benzene rings is 3. The summed E-state index contributed by atoms with van der Waals surface area (Å²) in [4.78, 5) is 2.18. The van der Waals surface area contributed by atoms with Crippen LogP contribution in [0, 0.1) is 25.4 Å². The topological polar surface area (TPSA) is 34.8 Å². The number of ether oxygens (including phenoxy) is 2. The maximum Gasteiger partial charge on any atom is -0.358 e. The molecule has 4 nitrogen and oxygen atoms in total. The Morgan fingerprint density at radius 3 is 2.68 bits per heavy atom. The number of hydrogen-bond acceptors (Lipinski definition) is 4. The van der Waals surface area contributed by atoms with Gasteiger partial charge >= 0.3 is 183 Å². The van der Waals surface area contributed by atoms with E-state index in [4.69, 9.17) is 28.9 Å². The molecule has 31 heavy (non-hydrogen) atoms. The molecule has 0 unspecified atom stereocenters. The first-order valence-corrected chi connectivity index (χ1v) is 10.4. The van der Waals surface area contributed by atoms with Crippen molar-refractivity contribution in [2.45, 2.75) is 6.92 Å². The Kier molecular flexibility index (Phi) is 5.81. The van der Waals surface area contributed by atoms with Crippen molar-refractivity contribution in [2.75, 3.05) is 31.7 Å². The average molecular weight is 458 g/mol. The molecule has 2 aromatic carbocycles. The summed E-state index contributed by atoms with van der Waals surface area (Å²) in [7, 11) is 2.07. The fourth-order valence-electron chi connectivity index (χ4n) is 4.14. The monoisotopic (exact) mass is 457 g/mol. The summed E-state index contributed by atoms with van der Waals surface area (Å²) in [6.07, 6.45) is 0. The van der Waals surface area contributed by atoms with Crippen molar-refractivity contribution in [3.05, 3.63) is 72.6 Å². The predicted octanol–water partition coefficient (Wildman–Crippen LogP) is 6.08. The minimum absolute atomic E-state index is 0. The third-order valence-electron chi connectivity index (χ3n) is 5.62. The summed E-state index contributed by atoms with van der Waals surface area (Å²) < 4.78 is 19.1. The standard InChI is InChI=1S/C25H22NO3.CH3.Ni/c1-4-27-21-11-7-10-18-22(17-9-6-5-8-16(17)2)19-12-13-20-25(24(19)29-23(18)21)28-15-14-26(20)3;;/h5-10,12-13H,1,4,14-15H2,2-3H3;1H3;/q2*-1;. The molecule has 0 spiro atoms. The van der Waals surface area contributed by atoms with Gasteiger partial charge in [0.15, 0.2) is 0 Å². The van der Waals surface area contributed by atoms with Gasteiger partial charge in [0, 0.05) is 0 Å². The number of hydrogen-bond donors (Lipinski definition) is 0. The molecule has 2 heterocycles. The van der Waals surface area contributed by atoms with E-state index in [0.717, 1.165) is 40.1 Å². The van der Waals surface area contributed by atoms with Crippen molar-refractivity contribution in [2.24, 2.45) is 0 Å². The molecule has 0 radical (unpaired) electrons. The zero-order chi connectivity index (χ0) is 20.8. The molecule has 1 aliphatic carbocycles. The van der Waals surface area contributed by atoms with Crippen LogP contribution < -0.4 is 14.4 Å². The van der Waals surface area contributed by atoms with Gasteiger partial charge in [0.05, 0.1) is 0 Å². The van der Waals surface area contributed by atoms with Crippen molar-refractivity contribution >= 4 is 16.7 Å². The molecule has 0 amide bonds. The van der Waals surface area contributed by atoms with Crippen LogP contribution in [-0.4, -0.2) is 26.8 Å². The van der Waals surface area contributed by atoms with Gasteiger partial charge in [-0.25, -0.2) is 0 Å². The van der Waals surface area contributed by atoms with E-state index >= 15 is 0 Å². The quantitative estimate of drug-likeness (QED) is 0.212. The third kappa shape index (κ3) is 3.41. The number of fused-ring (bicyclic) bond motifs is 4. The van der Waals surface area contributed by atoms with Gasteiger partial charge < -0.3 is 7.43 Å². The summed E-state index contributed by atoms with van der Waals surface area (Å²) in [6.45, 7) is 7.67. The first kappa shape index (κ1) is 21.5. The molecule has 5 rings (SSSR count). The van der Waals surface area contributed by atoms with Crippen LogP contribution in [-0.2, 0) is 15.0 Å². The summed E-state index contributed by atoms with van der Waals surface area (Å²) in [6, 6.07) is 16.5. The molecule has 0 bridgehead atoms. The van der Waals surface area contributed by atoms with Crippen molar-refractivity contribution in [3.63, 3.8) is 0 Å². The van der Waals surface area contributed by atoms with Crippen LogP contribution in [0.5, 0.6) is 11.5 Å². The summed E-state index contributed by atoms with van der Waals surface area (Å²) in [5.41, 5.74) is 6.12. The Morgan fingerprint density at radius 2 is 1.90 bits per heavy atom. The summed E-state index contributed by atoms with van der Waals surface area (Å²) in [5.74, 6) is 1.97. The number of anilines is 1. The van der Waals surface area contributed by atoms with Gasteiger partial charge in [-0.15, -0.1) is 0 Å². The Bertz CT molecular complexity index is 1290. The molecule has 3 aliphatic rings. The van der Waals surface area contributed by atoms with Crippen molar-refractivity contribution < 1.29 is 28.9 Å². The fourth-order valence-corrected chi connectivity index (χ4v) is 4.41. The molecule has 0 N–H and O–H groups in total. The zero-order valence-corrected chi connectivity index (χ0v) is 18.9. The fraction of sp³-hybridized carbons (Fsp3) is 0.192. The van der Waals surface area contributed by atoms with Crippen LogP contribution in [0.2, 0.25) is 0 Å². The maximum atomic E-state index is 6.50. The molecule has 0 atom stereocenters. The number of rotatable bonds is 3. The molecule has 2 aromatic rings. The van der Waals surface area contributed by atoms with Crippen LogP contribution in [0.15, 0.2) is 52.9 Å². The molecule has 2 aliphatic heterocycles. The second-order valence-corrected chi connectivity index (χ2v) is 7.95. The third-order valence-corrected chi connectivity index (χ3v) is 6.01. The summed E-state index contributed by atoms with van der Waals surface area (Å²) in [5, 5.41) is 1.01. The molecule has 0 fully saturated rings. The SMILES string of the molecule is [CH2-]COc1c2oc3c4c(ccc3c(-c3ccccc3C)c-2cc[c]1=[Ni])N(C)CCO4.[CH3-]. The van der Waals surface area contributed by atoms with Crippen molar-refractivity contribution in [3.8, 4) is 33.9 Å². The number of nitrogens with zero attached hydrogens (tertiary/aromatic N) is 1. The van der Waals surface area contributed by atoms with Crippen LogP contribution in [0.3, 0.4) is 0 Å². The van der Waals surface area contributed by atoms with E-state index in [9.17, 15) is 0 Å². The number of likely N-dealkylation sites (N-methyl/N-ethyl adjacent to an activating group) is 1. The molecule has 0 saturated carbocycles. The van der Waals surface area contributed by atoms with Gasteiger partial charge in [0.1, 0.15) is 0 Å². The van der Waals surface area contributed by atoms with Gasteiger partial charge in [0.2, 0.25) is 0 Å². The minimum atomic E-state index is 0. The minimum Gasteiger partial charge on any atom is -0.358 e. The van der Waals surface area contributed by atoms with Gasteiger partial charge in [-0.1, -0.05) is 0 Å². The Labute approximate surface area is 190 Å². The first-order valence-electron chi connectivity index (χ1n) is 9.94. The normalized spacial score (nSPS) is 13.0. The zero-order valence-electron chi connectivity index (χ0n) is 17.9. The first-order chi connectivity index (χ1) is 14.6. The Morgan fingerprint density at radius 1 is 1.10 bits per heavy atom. The van der Waals surface area contributed by atoms with E-state index in [1.165, 1.54) is 5.56 Å². The molecular formula is C26H25NNiO3-2. The van der Waals surface area contributed by atoms with Gasteiger partial charge in [0.25, 0.3) is 0 Å². The second kappa shape index (κ2) is 8.39. The molecule has 5 heteroatoms. The van der Waals surface area contributed by atoms with Crippen LogP contribution in [0.1, 0.15) is 5.56 Å². The van der Waals surface area contributed by atoms with Crippen LogP contribution in [0.25, 0.3) is 33.4 Å². The Hall–Kier alpha value is -2.78.